The molecule has 1 aliphatic carbocycles. The Bertz CT molecular complexity index is 577. The molecule has 0 saturated carbocycles. The lowest BCUT2D eigenvalue weighted by Gasteiger charge is -2.19. The number of nitrogens with one attached hydrogen (secondary N) is 1. The lowest BCUT2D eigenvalue weighted by molar-refractivity contribution is 0.490. The molecule has 1 N–H and O–H groups in total. The lowest BCUT2D eigenvalue weighted by atomic mass is 9.98. The first-order chi connectivity index (χ1) is 9.33. The highest BCUT2D eigenvalue weighted by Crippen LogP contribution is 2.37. The van der Waals surface area contributed by atoms with Crippen LogP contribution in [-0.4, -0.2) is 17.0 Å². The second kappa shape index (κ2) is 5.39. The van der Waals surface area contributed by atoms with Crippen molar-refractivity contribution in [1.82, 2.24) is 15.3 Å². The molecule has 19 heavy (non-hydrogen) atoms. The molecule has 1 aliphatic rings. The van der Waals surface area contributed by atoms with Crippen molar-refractivity contribution in [3.05, 3.63) is 34.5 Å². The Labute approximate surface area is 118 Å². The number of hydrogen-bond donors (Lipinski definition) is 1. The fraction of sp³-hybridized carbons (Fsp3) is 0.467. The molecule has 0 bridgehead atoms. The summed E-state index contributed by atoms with van der Waals surface area (Å²) >= 11 is 1.82. The molecule has 0 fully saturated rings. The average Bonchev–Trinajstić information content (AvgIpc) is 2.90. The molecule has 2 aromatic heterocycles. The van der Waals surface area contributed by atoms with Gasteiger partial charge in [0.25, 0.3) is 0 Å². The van der Waals surface area contributed by atoms with Crippen molar-refractivity contribution in [2.24, 2.45) is 0 Å². The summed E-state index contributed by atoms with van der Waals surface area (Å²) in [5.74, 6) is 0. The topological polar surface area (TPSA) is 37.8 Å². The molecule has 0 saturated heterocycles. The number of thiazole rings is 1. The monoisotopic (exact) mass is 273 g/mol. The zero-order valence-electron chi connectivity index (χ0n) is 11.4. The summed E-state index contributed by atoms with van der Waals surface area (Å²) in [5.41, 5.74) is 3.61. The molecular weight excluding hydrogens is 254 g/mol. The maximum atomic E-state index is 4.88. The van der Waals surface area contributed by atoms with Gasteiger partial charge in [0.2, 0.25) is 0 Å². The Morgan fingerprint density at radius 1 is 1.47 bits per heavy atom. The van der Waals surface area contributed by atoms with Gasteiger partial charge in [-0.05, 0) is 44.4 Å². The number of fused-ring (bicyclic) bond motifs is 1. The quantitative estimate of drug-likeness (QED) is 0.931. The van der Waals surface area contributed by atoms with Gasteiger partial charge in [-0.1, -0.05) is 13.0 Å². The summed E-state index contributed by atoms with van der Waals surface area (Å²) in [4.78, 5) is 10.9. The van der Waals surface area contributed by atoms with Gasteiger partial charge in [0.15, 0.2) is 0 Å². The van der Waals surface area contributed by atoms with E-state index in [1.807, 2.05) is 30.6 Å². The first kappa shape index (κ1) is 12.8. The summed E-state index contributed by atoms with van der Waals surface area (Å²) in [5, 5.41) is 4.46. The van der Waals surface area contributed by atoms with Crippen molar-refractivity contribution in [1.29, 1.82) is 0 Å². The van der Waals surface area contributed by atoms with Crippen LogP contribution in [0.25, 0.3) is 10.7 Å². The van der Waals surface area contributed by atoms with E-state index in [2.05, 4.69) is 23.3 Å². The predicted octanol–water partition coefficient (Wildman–Crippen LogP) is 3.36. The molecule has 100 valence electrons. The molecule has 0 spiro atoms. The van der Waals surface area contributed by atoms with Crippen LogP contribution in [0.15, 0.2) is 18.3 Å². The van der Waals surface area contributed by atoms with Gasteiger partial charge in [0, 0.05) is 11.1 Å². The second-order valence-electron chi connectivity index (χ2n) is 4.93. The number of aromatic nitrogens is 2. The van der Waals surface area contributed by atoms with E-state index in [-0.39, 0.29) is 0 Å². The van der Waals surface area contributed by atoms with Crippen molar-refractivity contribution in [2.45, 2.75) is 38.6 Å². The van der Waals surface area contributed by atoms with Gasteiger partial charge >= 0.3 is 0 Å². The van der Waals surface area contributed by atoms with Crippen molar-refractivity contribution in [3.63, 3.8) is 0 Å². The zero-order chi connectivity index (χ0) is 13.2. The molecule has 2 heterocycles. The average molecular weight is 273 g/mol. The van der Waals surface area contributed by atoms with Crippen LogP contribution < -0.4 is 5.32 Å². The van der Waals surface area contributed by atoms with Crippen molar-refractivity contribution >= 4 is 11.3 Å². The standard InChI is InChI=1S/C15H19N3S/c1-3-10-6-5-9-17-13(10)15-18-14-11(16-2)7-4-8-12(14)19-15/h5-6,9,11,16H,3-4,7-8H2,1-2H3. The number of hydrogen-bond acceptors (Lipinski definition) is 4. The fourth-order valence-corrected chi connectivity index (χ4v) is 3.91. The van der Waals surface area contributed by atoms with Gasteiger partial charge < -0.3 is 5.32 Å². The molecule has 4 heteroatoms. The van der Waals surface area contributed by atoms with Gasteiger partial charge in [-0.2, -0.15) is 0 Å². The van der Waals surface area contributed by atoms with Crippen LogP contribution in [0.4, 0.5) is 0 Å². The van der Waals surface area contributed by atoms with Crippen LogP contribution >= 0.6 is 11.3 Å². The van der Waals surface area contributed by atoms with Crippen molar-refractivity contribution in [2.75, 3.05) is 7.05 Å². The molecular formula is C15H19N3S. The van der Waals surface area contributed by atoms with E-state index in [0.29, 0.717) is 6.04 Å². The third-order valence-corrected chi connectivity index (χ3v) is 4.92. The van der Waals surface area contributed by atoms with Crippen LogP contribution in [0.1, 0.15) is 41.9 Å². The SMILES string of the molecule is CCc1cccnc1-c1nc2c(s1)CCCC2NC. The summed E-state index contributed by atoms with van der Waals surface area (Å²) < 4.78 is 0. The minimum absolute atomic E-state index is 0.419. The molecule has 1 atom stereocenters. The molecule has 2 aromatic rings. The van der Waals surface area contributed by atoms with Crippen molar-refractivity contribution < 1.29 is 0 Å². The maximum absolute atomic E-state index is 4.88. The summed E-state index contributed by atoms with van der Waals surface area (Å²) in [6.07, 6.45) is 6.48. The van der Waals surface area contributed by atoms with E-state index >= 15 is 0 Å². The Kier molecular flexibility index (Phi) is 3.62. The highest BCUT2D eigenvalue weighted by molar-refractivity contribution is 7.15. The van der Waals surface area contributed by atoms with E-state index < -0.39 is 0 Å². The minimum atomic E-state index is 0.419. The van der Waals surface area contributed by atoms with E-state index in [1.165, 1.54) is 35.4 Å². The van der Waals surface area contributed by atoms with Crippen LogP contribution in [0.3, 0.4) is 0 Å². The van der Waals surface area contributed by atoms with E-state index in [9.17, 15) is 0 Å². The number of rotatable bonds is 3. The normalized spacial score (nSPS) is 18.3. The predicted molar refractivity (Wildman–Crippen MR) is 79.5 cm³/mol. The smallest absolute Gasteiger partial charge is 0.142 e. The number of nitrogens with zero attached hydrogens (tertiary/aromatic N) is 2. The van der Waals surface area contributed by atoms with Crippen molar-refractivity contribution in [3.8, 4) is 10.7 Å². The van der Waals surface area contributed by atoms with Crippen LogP contribution in [0.2, 0.25) is 0 Å². The summed E-state index contributed by atoms with van der Waals surface area (Å²) in [6, 6.07) is 4.58. The van der Waals surface area contributed by atoms with Gasteiger partial charge in [-0.15, -0.1) is 11.3 Å². The Morgan fingerprint density at radius 3 is 3.16 bits per heavy atom. The first-order valence-corrected chi connectivity index (χ1v) is 7.76. The third-order valence-electron chi connectivity index (χ3n) is 3.78. The summed E-state index contributed by atoms with van der Waals surface area (Å²) in [7, 11) is 2.02. The molecule has 0 radical (unpaired) electrons. The molecule has 0 aliphatic heterocycles. The molecule has 0 aromatic carbocycles. The van der Waals surface area contributed by atoms with Gasteiger partial charge in [0.05, 0.1) is 11.7 Å². The van der Waals surface area contributed by atoms with Gasteiger partial charge in [0.1, 0.15) is 10.7 Å². The van der Waals surface area contributed by atoms with Gasteiger partial charge in [-0.25, -0.2) is 4.98 Å². The Morgan fingerprint density at radius 2 is 2.37 bits per heavy atom. The maximum Gasteiger partial charge on any atom is 0.142 e. The highest BCUT2D eigenvalue weighted by Gasteiger charge is 2.24. The minimum Gasteiger partial charge on any atom is -0.312 e. The van der Waals surface area contributed by atoms with Gasteiger partial charge in [-0.3, -0.25) is 4.98 Å². The number of pyridine rings is 1. The largest absolute Gasteiger partial charge is 0.312 e. The lowest BCUT2D eigenvalue weighted by Crippen LogP contribution is -2.21. The first-order valence-electron chi connectivity index (χ1n) is 6.94. The van der Waals surface area contributed by atoms with Crippen LogP contribution in [0, 0.1) is 0 Å². The highest BCUT2D eigenvalue weighted by atomic mass is 32.1. The van der Waals surface area contributed by atoms with E-state index in [1.54, 1.807) is 0 Å². The fourth-order valence-electron chi connectivity index (χ4n) is 2.72. The van der Waals surface area contributed by atoms with Crippen LogP contribution in [-0.2, 0) is 12.8 Å². The number of aryl methyl sites for hydroxylation is 2. The van der Waals surface area contributed by atoms with Crippen LogP contribution in [0.5, 0.6) is 0 Å². The molecule has 3 nitrogen and oxygen atoms in total. The molecule has 3 rings (SSSR count). The summed E-state index contributed by atoms with van der Waals surface area (Å²) in [6.45, 7) is 2.17. The Balaban J connectivity index is 2.05. The zero-order valence-corrected chi connectivity index (χ0v) is 12.3. The van der Waals surface area contributed by atoms with E-state index in [0.717, 1.165) is 17.1 Å². The Hall–Kier alpha value is -1.26. The van der Waals surface area contributed by atoms with E-state index in [4.69, 9.17) is 4.98 Å². The second-order valence-corrected chi connectivity index (χ2v) is 6.01. The third kappa shape index (κ3) is 2.30. The molecule has 0 amide bonds. The molecule has 1 unspecified atom stereocenters.